The van der Waals surface area contributed by atoms with Crippen molar-refractivity contribution in [3.63, 3.8) is 0 Å². The van der Waals surface area contributed by atoms with Gasteiger partial charge in [-0.25, -0.2) is 4.98 Å². The number of para-hydroxylation sites is 1. The van der Waals surface area contributed by atoms with Crippen LogP contribution in [0.4, 0.5) is 10.8 Å². The monoisotopic (exact) mass is 283 g/mol. The average molecular weight is 283 g/mol. The van der Waals surface area contributed by atoms with Crippen LogP contribution in [0.1, 0.15) is 12.5 Å². The summed E-state index contributed by atoms with van der Waals surface area (Å²) in [5.74, 6) is 0. The first-order valence-electron chi connectivity index (χ1n) is 6.71. The highest BCUT2D eigenvalue weighted by Gasteiger charge is 2.10. The van der Waals surface area contributed by atoms with Gasteiger partial charge in [-0.1, -0.05) is 35.6 Å². The van der Waals surface area contributed by atoms with Gasteiger partial charge in [0.2, 0.25) is 0 Å². The van der Waals surface area contributed by atoms with Crippen molar-refractivity contribution in [1.82, 2.24) is 4.98 Å². The van der Waals surface area contributed by atoms with Crippen LogP contribution in [0.15, 0.2) is 48.5 Å². The standard InChI is InChI=1S/C16H17N3S/c1-2-19(11-12-7-9-13(17)10-8-12)16-18-14-5-3-4-6-15(14)20-16/h3-10H,2,11,17H2,1H3. The number of nitrogens with zero attached hydrogens (tertiary/aromatic N) is 2. The molecule has 0 saturated carbocycles. The molecule has 102 valence electrons. The van der Waals surface area contributed by atoms with Crippen molar-refractivity contribution in [1.29, 1.82) is 0 Å². The molecule has 0 saturated heterocycles. The minimum Gasteiger partial charge on any atom is -0.399 e. The van der Waals surface area contributed by atoms with Gasteiger partial charge in [0.15, 0.2) is 5.13 Å². The van der Waals surface area contributed by atoms with E-state index in [1.807, 2.05) is 18.2 Å². The second kappa shape index (κ2) is 5.51. The highest BCUT2D eigenvalue weighted by molar-refractivity contribution is 7.22. The summed E-state index contributed by atoms with van der Waals surface area (Å²) in [6.45, 7) is 3.95. The zero-order valence-electron chi connectivity index (χ0n) is 11.4. The van der Waals surface area contributed by atoms with Crippen molar-refractivity contribution >= 4 is 32.4 Å². The number of rotatable bonds is 4. The lowest BCUT2D eigenvalue weighted by Crippen LogP contribution is -2.21. The van der Waals surface area contributed by atoms with Crippen LogP contribution in [-0.2, 0) is 6.54 Å². The van der Waals surface area contributed by atoms with Crippen molar-refractivity contribution in [2.24, 2.45) is 0 Å². The summed E-state index contributed by atoms with van der Waals surface area (Å²) >= 11 is 1.74. The molecule has 0 bridgehead atoms. The van der Waals surface area contributed by atoms with Crippen LogP contribution in [-0.4, -0.2) is 11.5 Å². The molecule has 1 heterocycles. The average Bonchev–Trinajstić information content (AvgIpc) is 2.90. The van der Waals surface area contributed by atoms with E-state index in [2.05, 4.69) is 42.2 Å². The van der Waals surface area contributed by atoms with E-state index in [0.29, 0.717) is 0 Å². The molecule has 3 nitrogen and oxygen atoms in total. The Kier molecular flexibility index (Phi) is 3.56. The van der Waals surface area contributed by atoms with Gasteiger partial charge in [0.1, 0.15) is 0 Å². The lowest BCUT2D eigenvalue weighted by Gasteiger charge is -2.19. The molecule has 2 N–H and O–H groups in total. The van der Waals surface area contributed by atoms with Gasteiger partial charge in [-0.15, -0.1) is 0 Å². The van der Waals surface area contributed by atoms with Gasteiger partial charge in [0.05, 0.1) is 10.2 Å². The Morgan fingerprint density at radius 3 is 2.55 bits per heavy atom. The number of fused-ring (bicyclic) bond motifs is 1. The van der Waals surface area contributed by atoms with E-state index >= 15 is 0 Å². The number of thiazole rings is 1. The van der Waals surface area contributed by atoms with Crippen LogP contribution >= 0.6 is 11.3 Å². The molecule has 0 unspecified atom stereocenters. The molecule has 2 aromatic carbocycles. The third kappa shape index (κ3) is 2.60. The van der Waals surface area contributed by atoms with Gasteiger partial charge in [-0.05, 0) is 36.8 Å². The summed E-state index contributed by atoms with van der Waals surface area (Å²) in [5, 5.41) is 1.07. The first kappa shape index (κ1) is 12.9. The smallest absolute Gasteiger partial charge is 0.186 e. The van der Waals surface area contributed by atoms with Gasteiger partial charge >= 0.3 is 0 Å². The summed E-state index contributed by atoms with van der Waals surface area (Å²) in [6, 6.07) is 16.3. The zero-order valence-corrected chi connectivity index (χ0v) is 12.2. The molecule has 1 aromatic heterocycles. The molecular formula is C16H17N3S. The fraction of sp³-hybridized carbons (Fsp3) is 0.188. The van der Waals surface area contributed by atoms with E-state index in [9.17, 15) is 0 Å². The summed E-state index contributed by atoms with van der Waals surface area (Å²) in [5.41, 5.74) is 8.85. The predicted molar refractivity (Wildman–Crippen MR) is 87.2 cm³/mol. The minimum absolute atomic E-state index is 0.803. The van der Waals surface area contributed by atoms with E-state index in [-0.39, 0.29) is 0 Å². The van der Waals surface area contributed by atoms with E-state index in [0.717, 1.165) is 29.4 Å². The van der Waals surface area contributed by atoms with Gasteiger partial charge < -0.3 is 10.6 Å². The fourth-order valence-electron chi connectivity index (χ4n) is 2.15. The minimum atomic E-state index is 0.803. The number of hydrogen-bond donors (Lipinski definition) is 1. The van der Waals surface area contributed by atoms with Crippen LogP contribution in [0, 0.1) is 0 Å². The number of anilines is 2. The first-order chi connectivity index (χ1) is 9.76. The third-order valence-electron chi connectivity index (χ3n) is 3.29. The molecule has 4 heteroatoms. The van der Waals surface area contributed by atoms with Crippen molar-refractivity contribution in [2.45, 2.75) is 13.5 Å². The van der Waals surface area contributed by atoms with Crippen LogP contribution in [0.5, 0.6) is 0 Å². The number of benzene rings is 2. The number of nitrogens with two attached hydrogens (primary N) is 1. The molecule has 20 heavy (non-hydrogen) atoms. The summed E-state index contributed by atoms with van der Waals surface area (Å²) < 4.78 is 1.23. The van der Waals surface area contributed by atoms with Crippen molar-refractivity contribution in [3.05, 3.63) is 54.1 Å². The second-order valence-electron chi connectivity index (χ2n) is 4.72. The molecular weight excluding hydrogens is 266 g/mol. The number of aromatic nitrogens is 1. The van der Waals surface area contributed by atoms with Crippen LogP contribution < -0.4 is 10.6 Å². The Balaban J connectivity index is 1.87. The highest BCUT2D eigenvalue weighted by Crippen LogP contribution is 2.29. The molecule has 0 radical (unpaired) electrons. The maximum absolute atomic E-state index is 5.73. The predicted octanol–water partition coefficient (Wildman–Crippen LogP) is 3.91. The second-order valence-corrected chi connectivity index (χ2v) is 5.73. The van der Waals surface area contributed by atoms with Gasteiger partial charge in [0, 0.05) is 18.8 Å². The molecule has 0 spiro atoms. The van der Waals surface area contributed by atoms with Crippen LogP contribution in [0.3, 0.4) is 0 Å². The molecule has 0 amide bonds. The van der Waals surface area contributed by atoms with E-state index in [1.165, 1.54) is 10.3 Å². The van der Waals surface area contributed by atoms with Crippen LogP contribution in [0.2, 0.25) is 0 Å². The summed E-state index contributed by atoms with van der Waals surface area (Å²) in [4.78, 5) is 7.01. The van der Waals surface area contributed by atoms with E-state index in [4.69, 9.17) is 10.7 Å². The molecule has 3 aromatic rings. The maximum Gasteiger partial charge on any atom is 0.186 e. The molecule has 3 rings (SSSR count). The quantitative estimate of drug-likeness (QED) is 0.738. The molecule has 0 atom stereocenters. The SMILES string of the molecule is CCN(Cc1ccc(N)cc1)c1nc2ccccc2s1. The Labute approximate surface area is 122 Å². The summed E-state index contributed by atoms with van der Waals surface area (Å²) in [6.07, 6.45) is 0. The van der Waals surface area contributed by atoms with E-state index in [1.54, 1.807) is 11.3 Å². The van der Waals surface area contributed by atoms with E-state index < -0.39 is 0 Å². The van der Waals surface area contributed by atoms with Crippen molar-refractivity contribution in [3.8, 4) is 0 Å². The zero-order chi connectivity index (χ0) is 13.9. The normalized spacial score (nSPS) is 10.8. The third-order valence-corrected chi connectivity index (χ3v) is 4.39. The molecule has 0 aliphatic carbocycles. The lowest BCUT2D eigenvalue weighted by atomic mass is 10.2. The van der Waals surface area contributed by atoms with Crippen molar-refractivity contribution < 1.29 is 0 Å². The Morgan fingerprint density at radius 2 is 1.85 bits per heavy atom. The Bertz CT molecular complexity index is 670. The molecule has 0 aliphatic heterocycles. The highest BCUT2D eigenvalue weighted by atomic mass is 32.1. The molecule has 0 aliphatic rings. The van der Waals surface area contributed by atoms with Crippen molar-refractivity contribution in [2.75, 3.05) is 17.2 Å². The first-order valence-corrected chi connectivity index (χ1v) is 7.53. The van der Waals surface area contributed by atoms with Crippen LogP contribution in [0.25, 0.3) is 10.2 Å². The largest absolute Gasteiger partial charge is 0.399 e. The number of nitrogen functional groups attached to an aromatic ring is 1. The fourth-order valence-corrected chi connectivity index (χ4v) is 3.18. The van der Waals surface area contributed by atoms with Gasteiger partial charge in [-0.3, -0.25) is 0 Å². The Morgan fingerprint density at radius 1 is 1.10 bits per heavy atom. The topological polar surface area (TPSA) is 42.1 Å². The molecule has 0 fully saturated rings. The van der Waals surface area contributed by atoms with Gasteiger partial charge in [0.25, 0.3) is 0 Å². The van der Waals surface area contributed by atoms with Gasteiger partial charge in [-0.2, -0.15) is 0 Å². The lowest BCUT2D eigenvalue weighted by molar-refractivity contribution is 0.828. The summed E-state index contributed by atoms with van der Waals surface area (Å²) in [7, 11) is 0. The maximum atomic E-state index is 5.73. The number of hydrogen-bond acceptors (Lipinski definition) is 4. The Hall–Kier alpha value is -2.07.